The highest BCUT2D eigenvalue weighted by atomic mass is 19.1. The lowest BCUT2D eigenvalue weighted by Gasteiger charge is -2.11. The first-order valence-corrected chi connectivity index (χ1v) is 5.74. The third kappa shape index (κ3) is 4.33. The number of halogens is 1. The molecule has 4 nitrogen and oxygen atoms in total. The molecule has 0 fully saturated rings. The van der Waals surface area contributed by atoms with Gasteiger partial charge in [0.25, 0.3) is 0 Å². The average Bonchev–Trinajstić information content (AvgIpc) is 2.29. The van der Waals surface area contributed by atoms with E-state index >= 15 is 0 Å². The Labute approximate surface area is 105 Å². The molecule has 5 heteroatoms. The van der Waals surface area contributed by atoms with Crippen LogP contribution in [0.4, 0.5) is 4.39 Å². The van der Waals surface area contributed by atoms with Crippen LogP contribution in [-0.2, 0) is 4.74 Å². The molecule has 0 saturated heterocycles. The molecule has 0 bridgehead atoms. The van der Waals surface area contributed by atoms with Gasteiger partial charge in [0.1, 0.15) is 12.2 Å². The summed E-state index contributed by atoms with van der Waals surface area (Å²) < 4.78 is 23.8. The molecule has 0 aliphatic carbocycles. The molecule has 0 aromatic heterocycles. The van der Waals surface area contributed by atoms with E-state index in [0.29, 0.717) is 19.1 Å². The summed E-state index contributed by atoms with van der Waals surface area (Å²) in [6.07, 6.45) is 0. The molecule has 0 saturated carbocycles. The molecular formula is C13H17FO4. The van der Waals surface area contributed by atoms with Gasteiger partial charge in [-0.25, -0.2) is 9.18 Å². The Morgan fingerprint density at radius 2 is 2.11 bits per heavy atom. The minimum atomic E-state index is -1.22. The molecule has 0 heterocycles. The van der Waals surface area contributed by atoms with E-state index in [1.807, 2.05) is 13.8 Å². The lowest BCUT2D eigenvalue weighted by atomic mass is 10.2. The Morgan fingerprint density at radius 1 is 1.39 bits per heavy atom. The number of hydrogen-bond acceptors (Lipinski definition) is 3. The van der Waals surface area contributed by atoms with Crippen molar-refractivity contribution in [2.75, 3.05) is 19.8 Å². The standard InChI is InChI=1S/C13H17FO4/c1-9(2)8-17-6-7-18-12-10(13(15)16)4-3-5-11(12)14/h3-5,9H,6-8H2,1-2H3,(H,15,16). The highest BCUT2D eigenvalue weighted by molar-refractivity contribution is 5.90. The molecule has 1 N–H and O–H groups in total. The van der Waals surface area contributed by atoms with E-state index in [2.05, 4.69) is 0 Å². The summed E-state index contributed by atoms with van der Waals surface area (Å²) in [4.78, 5) is 10.9. The number of benzene rings is 1. The zero-order valence-corrected chi connectivity index (χ0v) is 10.5. The molecule has 0 unspecified atom stereocenters. The highest BCUT2D eigenvalue weighted by Gasteiger charge is 2.15. The van der Waals surface area contributed by atoms with Crippen molar-refractivity contribution in [3.05, 3.63) is 29.6 Å². The lowest BCUT2D eigenvalue weighted by Crippen LogP contribution is -2.12. The Balaban J connectivity index is 2.53. The van der Waals surface area contributed by atoms with Gasteiger partial charge in [-0.3, -0.25) is 0 Å². The number of hydrogen-bond donors (Lipinski definition) is 1. The van der Waals surface area contributed by atoms with Crippen molar-refractivity contribution >= 4 is 5.97 Å². The number of aromatic carboxylic acids is 1. The number of ether oxygens (including phenoxy) is 2. The van der Waals surface area contributed by atoms with Crippen LogP contribution in [0.25, 0.3) is 0 Å². The van der Waals surface area contributed by atoms with Gasteiger partial charge in [0, 0.05) is 6.61 Å². The molecule has 1 aromatic rings. The third-order valence-corrected chi connectivity index (χ3v) is 2.12. The maximum atomic E-state index is 13.4. The van der Waals surface area contributed by atoms with Crippen molar-refractivity contribution in [3.63, 3.8) is 0 Å². The zero-order chi connectivity index (χ0) is 13.5. The Kier molecular flexibility index (Phi) is 5.58. The molecule has 0 amide bonds. The monoisotopic (exact) mass is 256 g/mol. The molecule has 0 spiro atoms. The van der Waals surface area contributed by atoms with Crippen LogP contribution in [0.1, 0.15) is 24.2 Å². The summed E-state index contributed by atoms with van der Waals surface area (Å²) in [5.41, 5.74) is -0.182. The van der Waals surface area contributed by atoms with Crippen LogP contribution < -0.4 is 4.74 Å². The fourth-order valence-electron chi connectivity index (χ4n) is 1.35. The van der Waals surface area contributed by atoms with E-state index in [4.69, 9.17) is 14.6 Å². The molecular weight excluding hydrogens is 239 g/mol. The summed E-state index contributed by atoms with van der Waals surface area (Å²) in [5.74, 6) is -1.72. The molecule has 0 aliphatic rings. The first-order valence-electron chi connectivity index (χ1n) is 5.74. The molecule has 18 heavy (non-hydrogen) atoms. The van der Waals surface area contributed by atoms with E-state index in [1.165, 1.54) is 12.1 Å². The molecule has 0 atom stereocenters. The lowest BCUT2D eigenvalue weighted by molar-refractivity contribution is 0.0673. The van der Waals surface area contributed by atoms with Crippen molar-refractivity contribution < 1.29 is 23.8 Å². The quantitative estimate of drug-likeness (QED) is 0.762. The minimum absolute atomic E-state index is 0.119. The normalized spacial score (nSPS) is 10.7. The summed E-state index contributed by atoms with van der Waals surface area (Å²) in [7, 11) is 0. The molecule has 0 radical (unpaired) electrons. The van der Waals surface area contributed by atoms with Crippen molar-refractivity contribution in [2.24, 2.45) is 5.92 Å². The van der Waals surface area contributed by atoms with E-state index in [9.17, 15) is 9.18 Å². The topological polar surface area (TPSA) is 55.8 Å². The smallest absolute Gasteiger partial charge is 0.339 e. The predicted molar refractivity (Wildman–Crippen MR) is 64.5 cm³/mol. The summed E-state index contributed by atoms with van der Waals surface area (Å²) in [6.45, 7) is 5.03. The summed E-state index contributed by atoms with van der Waals surface area (Å²) in [5, 5.41) is 8.89. The van der Waals surface area contributed by atoms with Crippen LogP contribution in [0.3, 0.4) is 0 Å². The number of carbonyl (C=O) groups is 1. The highest BCUT2D eigenvalue weighted by Crippen LogP contribution is 2.22. The minimum Gasteiger partial charge on any atom is -0.487 e. The molecule has 1 rings (SSSR count). The van der Waals surface area contributed by atoms with Gasteiger partial charge < -0.3 is 14.6 Å². The van der Waals surface area contributed by atoms with Crippen LogP contribution in [0.15, 0.2) is 18.2 Å². The van der Waals surface area contributed by atoms with E-state index in [-0.39, 0.29) is 17.9 Å². The van der Waals surface area contributed by atoms with E-state index in [0.717, 1.165) is 6.07 Å². The molecule has 100 valence electrons. The molecule has 1 aromatic carbocycles. The van der Waals surface area contributed by atoms with Gasteiger partial charge >= 0.3 is 5.97 Å². The van der Waals surface area contributed by atoms with Gasteiger partial charge in [0.2, 0.25) is 0 Å². The van der Waals surface area contributed by atoms with Crippen LogP contribution >= 0.6 is 0 Å². The average molecular weight is 256 g/mol. The maximum Gasteiger partial charge on any atom is 0.339 e. The van der Waals surface area contributed by atoms with Crippen LogP contribution in [0.2, 0.25) is 0 Å². The number of carboxylic acid groups (broad SMARTS) is 1. The van der Waals surface area contributed by atoms with Gasteiger partial charge in [-0.2, -0.15) is 0 Å². The third-order valence-electron chi connectivity index (χ3n) is 2.12. The Bertz CT molecular complexity index is 404. The van der Waals surface area contributed by atoms with Crippen molar-refractivity contribution in [1.82, 2.24) is 0 Å². The van der Waals surface area contributed by atoms with Gasteiger partial charge in [0.15, 0.2) is 11.6 Å². The number of carboxylic acids is 1. The van der Waals surface area contributed by atoms with Gasteiger partial charge in [-0.15, -0.1) is 0 Å². The fourth-order valence-corrected chi connectivity index (χ4v) is 1.35. The number of para-hydroxylation sites is 1. The predicted octanol–water partition coefficient (Wildman–Crippen LogP) is 2.58. The first kappa shape index (κ1) is 14.4. The van der Waals surface area contributed by atoms with Gasteiger partial charge in [0.05, 0.1) is 6.61 Å². The fraction of sp³-hybridized carbons (Fsp3) is 0.462. The van der Waals surface area contributed by atoms with Crippen LogP contribution in [0.5, 0.6) is 5.75 Å². The SMILES string of the molecule is CC(C)COCCOc1c(F)cccc1C(=O)O. The van der Waals surface area contributed by atoms with E-state index in [1.54, 1.807) is 0 Å². The van der Waals surface area contributed by atoms with Crippen LogP contribution in [-0.4, -0.2) is 30.9 Å². The zero-order valence-electron chi connectivity index (χ0n) is 10.5. The Morgan fingerprint density at radius 3 is 2.72 bits per heavy atom. The number of rotatable bonds is 7. The Hall–Kier alpha value is -1.62. The second-order valence-electron chi connectivity index (χ2n) is 4.24. The second kappa shape index (κ2) is 6.96. The van der Waals surface area contributed by atoms with Crippen molar-refractivity contribution in [3.8, 4) is 5.75 Å². The van der Waals surface area contributed by atoms with Gasteiger partial charge in [-0.1, -0.05) is 19.9 Å². The van der Waals surface area contributed by atoms with Crippen molar-refractivity contribution in [2.45, 2.75) is 13.8 Å². The summed E-state index contributed by atoms with van der Waals surface area (Å²) >= 11 is 0. The maximum absolute atomic E-state index is 13.4. The van der Waals surface area contributed by atoms with Crippen LogP contribution in [0, 0.1) is 11.7 Å². The summed E-state index contributed by atoms with van der Waals surface area (Å²) in [6, 6.07) is 3.80. The first-order chi connectivity index (χ1) is 8.52. The largest absolute Gasteiger partial charge is 0.487 e. The second-order valence-corrected chi connectivity index (χ2v) is 4.24. The van der Waals surface area contributed by atoms with Gasteiger partial charge in [-0.05, 0) is 18.1 Å². The van der Waals surface area contributed by atoms with Crippen molar-refractivity contribution in [1.29, 1.82) is 0 Å². The van der Waals surface area contributed by atoms with E-state index < -0.39 is 11.8 Å². The molecule has 0 aliphatic heterocycles.